The van der Waals surface area contributed by atoms with E-state index in [1.54, 1.807) is 24.4 Å². The number of aliphatic carboxylic acids is 2. The van der Waals surface area contributed by atoms with Gasteiger partial charge >= 0.3 is 11.9 Å². The van der Waals surface area contributed by atoms with Gasteiger partial charge in [0.25, 0.3) is 5.56 Å². The quantitative estimate of drug-likeness (QED) is 0.257. The minimum Gasteiger partial charge on any atom is -0.480 e. The van der Waals surface area contributed by atoms with Crippen molar-refractivity contribution in [1.82, 2.24) is 15.2 Å². The fraction of sp³-hybridized carbons (Fsp3) is 0.318. The summed E-state index contributed by atoms with van der Waals surface area (Å²) in [7, 11) is 0. The molecule has 0 spiro atoms. The molecule has 2 unspecified atom stereocenters. The van der Waals surface area contributed by atoms with E-state index in [0.717, 1.165) is 5.56 Å². The lowest BCUT2D eigenvalue weighted by atomic mass is 10.1. The maximum Gasteiger partial charge on any atom is 0.322 e. The number of amides is 2. The molecule has 0 aliphatic heterocycles. The number of nitrogens with one attached hydrogen (secondary N) is 2. The third-order valence-electron chi connectivity index (χ3n) is 4.63. The summed E-state index contributed by atoms with van der Waals surface area (Å²) < 4.78 is 1.50. The Balaban J connectivity index is 2.01. The Morgan fingerprint density at radius 1 is 1.06 bits per heavy atom. The molecule has 2 amide bonds. The minimum atomic E-state index is -1.24. The van der Waals surface area contributed by atoms with E-state index >= 15 is 0 Å². The highest BCUT2D eigenvalue weighted by Crippen LogP contribution is 2.14. The van der Waals surface area contributed by atoms with Crippen LogP contribution in [0.4, 0.5) is 0 Å². The Hall–Kier alpha value is -3.64. The number of aromatic nitrogens is 1. The summed E-state index contributed by atoms with van der Waals surface area (Å²) in [6.07, 6.45) is 1.37. The first-order valence-corrected chi connectivity index (χ1v) is 11.4. The van der Waals surface area contributed by atoms with Crippen LogP contribution in [0.3, 0.4) is 0 Å². The number of para-hydroxylation sites is 1. The van der Waals surface area contributed by atoms with Crippen molar-refractivity contribution in [1.29, 1.82) is 0 Å². The maximum absolute atomic E-state index is 12.4. The number of carbonyl (C=O) groups excluding carboxylic acids is 2. The van der Waals surface area contributed by atoms with Crippen molar-refractivity contribution < 1.29 is 29.4 Å². The van der Waals surface area contributed by atoms with Crippen molar-refractivity contribution in [3.63, 3.8) is 0 Å². The Morgan fingerprint density at radius 2 is 1.76 bits per heavy atom. The largest absolute Gasteiger partial charge is 0.480 e. The third kappa shape index (κ3) is 8.71. The van der Waals surface area contributed by atoms with Crippen LogP contribution >= 0.6 is 11.8 Å². The summed E-state index contributed by atoms with van der Waals surface area (Å²) in [5.74, 6) is -3.20. The van der Waals surface area contributed by atoms with Crippen molar-refractivity contribution in [3.8, 4) is 5.69 Å². The van der Waals surface area contributed by atoms with Gasteiger partial charge in [0.1, 0.15) is 18.6 Å². The van der Waals surface area contributed by atoms with Crippen LogP contribution in [-0.2, 0) is 24.9 Å². The molecule has 0 aliphatic rings. The van der Waals surface area contributed by atoms with E-state index in [1.807, 2.05) is 18.2 Å². The first-order valence-electron chi connectivity index (χ1n) is 10.3. The number of nitrogens with two attached hydrogens (primary N) is 1. The van der Waals surface area contributed by atoms with E-state index in [2.05, 4.69) is 10.6 Å². The number of thioether (sulfide) groups is 1. The van der Waals surface area contributed by atoms with Gasteiger partial charge in [-0.15, -0.1) is 0 Å². The predicted molar refractivity (Wildman–Crippen MR) is 126 cm³/mol. The van der Waals surface area contributed by atoms with Crippen molar-refractivity contribution in [2.24, 2.45) is 5.73 Å². The Kier molecular flexibility index (Phi) is 10.3. The lowest BCUT2D eigenvalue weighted by molar-refractivity contribution is -0.139. The van der Waals surface area contributed by atoms with Crippen LogP contribution in [0.25, 0.3) is 5.69 Å². The Bertz CT molecular complexity index is 1070. The molecular formula is C22H26N4O7S. The molecule has 1 heterocycles. The van der Waals surface area contributed by atoms with Crippen molar-refractivity contribution in [2.45, 2.75) is 30.7 Å². The second-order valence-corrected chi connectivity index (χ2v) is 8.34. The number of hydrogen-bond acceptors (Lipinski definition) is 7. The molecule has 2 rings (SSSR count). The summed E-state index contributed by atoms with van der Waals surface area (Å²) >= 11 is 1.30. The number of benzene rings is 1. The zero-order valence-corrected chi connectivity index (χ0v) is 19.0. The lowest BCUT2D eigenvalue weighted by Crippen LogP contribution is -2.49. The second kappa shape index (κ2) is 13.2. The van der Waals surface area contributed by atoms with Crippen LogP contribution in [-0.4, -0.2) is 62.9 Å². The molecule has 1 aromatic heterocycles. The fourth-order valence-electron chi connectivity index (χ4n) is 2.85. The highest BCUT2D eigenvalue weighted by molar-refractivity contribution is 7.98. The van der Waals surface area contributed by atoms with E-state index in [9.17, 15) is 24.0 Å². The first kappa shape index (κ1) is 26.6. The van der Waals surface area contributed by atoms with Crippen LogP contribution in [0.15, 0.2) is 53.5 Å². The summed E-state index contributed by atoms with van der Waals surface area (Å²) in [4.78, 5) is 58.3. The smallest absolute Gasteiger partial charge is 0.322 e. The first-order chi connectivity index (χ1) is 16.2. The molecule has 0 fully saturated rings. The van der Waals surface area contributed by atoms with Gasteiger partial charge in [0.05, 0.1) is 0 Å². The zero-order valence-electron chi connectivity index (χ0n) is 18.2. The van der Waals surface area contributed by atoms with Crippen LogP contribution in [0.2, 0.25) is 0 Å². The average Bonchev–Trinajstić information content (AvgIpc) is 2.81. The van der Waals surface area contributed by atoms with Gasteiger partial charge in [-0.2, -0.15) is 11.8 Å². The van der Waals surface area contributed by atoms with Crippen LogP contribution in [0.5, 0.6) is 0 Å². The van der Waals surface area contributed by atoms with Crippen LogP contribution in [0, 0.1) is 0 Å². The number of carbonyl (C=O) groups is 4. The van der Waals surface area contributed by atoms with E-state index in [4.69, 9.17) is 15.9 Å². The van der Waals surface area contributed by atoms with Gasteiger partial charge in [0.15, 0.2) is 0 Å². The molecule has 11 nitrogen and oxygen atoms in total. The number of nitrogens with zero attached hydrogens (tertiary/aromatic N) is 1. The second-order valence-electron chi connectivity index (χ2n) is 7.31. The van der Waals surface area contributed by atoms with Gasteiger partial charge in [0, 0.05) is 35.9 Å². The van der Waals surface area contributed by atoms with E-state index in [-0.39, 0.29) is 24.2 Å². The van der Waals surface area contributed by atoms with Gasteiger partial charge in [-0.1, -0.05) is 24.3 Å². The number of hydrogen-bond donors (Lipinski definition) is 5. The lowest BCUT2D eigenvalue weighted by Gasteiger charge is -2.18. The number of carboxylic acid groups (broad SMARTS) is 2. The summed E-state index contributed by atoms with van der Waals surface area (Å²) in [6, 6.07) is 9.92. The van der Waals surface area contributed by atoms with Gasteiger partial charge in [-0.3, -0.25) is 28.5 Å². The van der Waals surface area contributed by atoms with Crippen molar-refractivity contribution in [2.75, 3.05) is 12.3 Å². The molecule has 0 aliphatic carbocycles. The molecule has 6 N–H and O–H groups in total. The summed E-state index contributed by atoms with van der Waals surface area (Å²) in [5, 5.41) is 22.3. The molecular weight excluding hydrogens is 464 g/mol. The van der Waals surface area contributed by atoms with Gasteiger partial charge in [-0.25, -0.2) is 0 Å². The van der Waals surface area contributed by atoms with Gasteiger partial charge < -0.3 is 26.6 Å². The van der Waals surface area contributed by atoms with E-state index in [1.165, 1.54) is 22.4 Å². The van der Waals surface area contributed by atoms with Crippen LogP contribution in [0.1, 0.15) is 18.4 Å². The van der Waals surface area contributed by atoms with Crippen molar-refractivity contribution in [3.05, 3.63) is 64.6 Å². The Labute approximate surface area is 199 Å². The number of rotatable bonds is 13. The van der Waals surface area contributed by atoms with Gasteiger partial charge in [0.2, 0.25) is 11.8 Å². The van der Waals surface area contributed by atoms with Crippen molar-refractivity contribution >= 4 is 35.5 Å². The number of carboxylic acids is 2. The minimum absolute atomic E-state index is 0.112. The molecule has 182 valence electrons. The molecule has 2 aromatic rings. The summed E-state index contributed by atoms with van der Waals surface area (Å²) in [5.41, 5.74) is 6.71. The average molecular weight is 491 g/mol. The molecule has 12 heteroatoms. The highest BCUT2D eigenvalue weighted by atomic mass is 32.2. The standard InChI is InChI=1S/C22H26N4O7S/c23-16(22(32)33)7-8-18(27)25-17(21(31)24-10-20(29)30)13-34-12-14-6-9-19(28)26(11-14)15-4-2-1-3-5-15/h1-6,9,11,16-17H,7-8,10,12-13,23H2,(H,24,31)(H,25,27)(H,29,30)(H,32,33). The molecule has 0 bridgehead atoms. The molecule has 0 saturated heterocycles. The monoisotopic (exact) mass is 490 g/mol. The summed E-state index contributed by atoms with van der Waals surface area (Å²) in [6.45, 7) is -0.609. The molecule has 34 heavy (non-hydrogen) atoms. The predicted octanol–water partition coefficient (Wildman–Crippen LogP) is -0.0516. The third-order valence-corrected chi connectivity index (χ3v) is 5.73. The topological polar surface area (TPSA) is 181 Å². The zero-order chi connectivity index (χ0) is 25.1. The fourth-order valence-corrected chi connectivity index (χ4v) is 3.84. The molecule has 1 aromatic carbocycles. The van der Waals surface area contributed by atoms with Gasteiger partial charge in [-0.05, 0) is 24.1 Å². The highest BCUT2D eigenvalue weighted by Gasteiger charge is 2.22. The van der Waals surface area contributed by atoms with E-state index in [0.29, 0.717) is 11.4 Å². The van der Waals surface area contributed by atoms with E-state index < -0.39 is 42.4 Å². The molecule has 0 radical (unpaired) electrons. The number of pyridine rings is 1. The molecule has 0 saturated carbocycles. The SMILES string of the molecule is NC(CCC(=O)NC(CSCc1ccc(=O)n(-c2ccccc2)c1)C(=O)NCC(=O)O)C(=O)O. The van der Waals surface area contributed by atoms with Crippen LogP contribution < -0.4 is 21.9 Å². The molecule has 2 atom stereocenters. The maximum atomic E-state index is 12.4. The normalized spacial score (nSPS) is 12.4. The Morgan fingerprint density at radius 3 is 2.41 bits per heavy atom.